The van der Waals surface area contributed by atoms with E-state index >= 15 is 0 Å². The Morgan fingerprint density at radius 2 is 1.66 bits per heavy atom. The van der Waals surface area contributed by atoms with Gasteiger partial charge in [-0.05, 0) is 42.0 Å². The fourth-order valence-electron chi connectivity index (χ4n) is 2.99. The van der Waals surface area contributed by atoms with E-state index in [1.807, 2.05) is 36.4 Å². The summed E-state index contributed by atoms with van der Waals surface area (Å²) in [5.41, 5.74) is 0.515. The first-order chi connectivity index (χ1) is 14.0. The first kappa shape index (κ1) is 18.4. The van der Waals surface area contributed by atoms with Crippen LogP contribution in [0.5, 0.6) is 0 Å². The molecule has 6 heteroatoms. The van der Waals surface area contributed by atoms with Gasteiger partial charge in [0.05, 0.1) is 5.39 Å². The number of nitrogens with one attached hydrogen (secondary N) is 1. The largest absolute Gasteiger partial charge is 0.449 e. The number of benzene rings is 3. The van der Waals surface area contributed by atoms with Gasteiger partial charge in [0.15, 0.2) is 11.5 Å². The highest BCUT2D eigenvalue weighted by atomic mass is 16.6. The van der Waals surface area contributed by atoms with Crippen LogP contribution in [0.25, 0.3) is 21.7 Å². The molecule has 1 atom stereocenters. The van der Waals surface area contributed by atoms with Crippen LogP contribution in [0.4, 0.5) is 5.69 Å². The summed E-state index contributed by atoms with van der Waals surface area (Å²) >= 11 is 0. The maximum absolute atomic E-state index is 12.4. The molecule has 3 aromatic carbocycles. The minimum Gasteiger partial charge on any atom is -0.449 e. The third-order valence-electron chi connectivity index (χ3n) is 4.51. The van der Waals surface area contributed by atoms with Gasteiger partial charge in [0, 0.05) is 11.8 Å². The Kier molecular flexibility index (Phi) is 4.83. The Morgan fingerprint density at radius 1 is 0.931 bits per heavy atom. The number of ether oxygens (including phenoxy) is 1. The topological polar surface area (TPSA) is 85.6 Å². The molecule has 1 unspecified atom stereocenters. The van der Waals surface area contributed by atoms with Crippen LogP contribution in [0.3, 0.4) is 0 Å². The molecule has 0 aliphatic rings. The number of anilines is 1. The first-order valence-corrected chi connectivity index (χ1v) is 9.05. The SMILES string of the molecule is CC(OC(=O)c1cc(=O)c2ccccc2o1)C(=O)Nc1ccc2ccccc2c1. The van der Waals surface area contributed by atoms with Crippen molar-refractivity contribution >= 4 is 39.3 Å². The van der Waals surface area contributed by atoms with Gasteiger partial charge >= 0.3 is 5.97 Å². The summed E-state index contributed by atoms with van der Waals surface area (Å²) in [7, 11) is 0. The molecule has 0 bridgehead atoms. The number of rotatable bonds is 4. The molecule has 144 valence electrons. The summed E-state index contributed by atoms with van der Waals surface area (Å²) < 4.78 is 10.6. The second kappa shape index (κ2) is 7.59. The van der Waals surface area contributed by atoms with E-state index in [4.69, 9.17) is 9.15 Å². The Hall–Kier alpha value is -3.93. The number of carbonyl (C=O) groups excluding carboxylic acids is 2. The lowest BCUT2D eigenvalue weighted by molar-refractivity contribution is -0.123. The third kappa shape index (κ3) is 3.87. The summed E-state index contributed by atoms with van der Waals surface area (Å²) in [5, 5.41) is 5.12. The van der Waals surface area contributed by atoms with Gasteiger partial charge in [-0.1, -0.05) is 42.5 Å². The number of hydrogen-bond acceptors (Lipinski definition) is 5. The Bertz CT molecular complexity index is 1290. The standard InChI is InChI=1S/C23H17NO5/c1-14(22(26)24-17-11-10-15-6-2-3-7-16(15)12-17)28-23(27)21-13-19(25)18-8-4-5-9-20(18)29-21/h2-14H,1H3,(H,24,26). The van der Waals surface area contributed by atoms with Crippen LogP contribution in [0.15, 0.2) is 82.0 Å². The Balaban J connectivity index is 1.47. The van der Waals surface area contributed by atoms with E-state index in [9.17, 15) is 14.4 Å². The van der Waals surface area contributed by atoms with Crippen LogP contribution in [-0.4, -0.2) is 18.0 Å². The molecular formula is C23H17NO5. The van der Waals surface area contributed by atoms with Crippen molar-refractivity contribution in [3.05, 3.63) is 88.8 Å². The van der Waals surface area contributed by atoms with E-state index in [0.29, 0.717) is 11.1 Å². The van der Waals surface area contributed by atoms with Gasteiger partial charge < -0.3 is 14.5 Å². The van der Waals surface area contributed by atoms with Crippen molar-refractivity contribution in [2.45, 2.75) is 13.0 Å². The smallest absolute Gasteiger partial charge is 0.375 e. The number of esters is 1. The van der Waals surface area contributed by atoms with Gasteiger partial charge in [-0.25, -0.2) is 4.79 Å². The Labute approximate surface area is 165 Å². The third-order valence-corrected chi connectivity index (χ3v) is 4.51. The lowest BCUT2D eigenvalue weighted by atomic mass is 10.1. The van der Waals surface area contributed by atoms with Crippen LogP contribution in [-0.2, 0) is 9.53 Å². The summed E-state index contributed by atoms with van der Waals surface area (Å²) in [6.07, 6.45) is -1.08. The molecule has 1 N–H and O–H groups in total. The average molecular weight is 387 g/mol. The molecule has 4 aromatic rings. The molecule has 1 aromatic heterocycles. The molecule has 0 saturated carbocycles. The number of fused-ring (bicyclic) bond motifs is 2. The van der Waals surface area contributed by atoms with E-state index in [1.165, 1.54) is 6.92 Å². The molecule has 0 aliphatic carbocycles. The molecule has 0 fully saturated rings. The van der Waals surface area contributed by atoms with Crippen molar-refractivity contribution < 1.29 is 18.7 Å². The number of para-hydroxylation sites is 1. The minimum atomic E-state index is -1.08. The average Bonchev–Trinajstić information content (AvgIpc) is 2.73. The number of amides is 1. The highest BCUT2D eigenvalue weighted by Gasteiger charge is 2.21. The summed E-state index contributed by atoms with van der Waals surface area (Å²) in [4.78, 5) is 36.9. The fourth-order valence-corrected chi connectivity index (χ4v) is 2.99. The van der Waals surface area contributed by atoms with Gasteiger partial charge in [-0.15, -0.1) is 0 Å². The van der Waals surface area contributed by atoms with E-state index < -0.39 is 18.0 Å². The van der Waals surface area contributed by atoms with Gasteiger partial charge in [0.25, 0.3) is 5.91 Å². The maximum atomic E-state index is 12.4. The van der Waals surface area contributed by atoms with Crippen molar-refractivity contribution in [1.82, 2.24) is 0 Å². The zero-order valence-corrected chi connectivity index (χ0v) is 15.5. The molecule has 1 heterocycles. The van der Waals surface area contributed by atoms with Crippen molar-refractivity contribution in [1.29, 1.82) is 0 Å². The van der Waals surface area contributed by atoms with E-state index in [2.05, 4.69) is 5.32 Å². The predicted octanol–water partition coefficient (Wildman–Crippen LogP) is 4.13. The summed E-state index contributed by atoms with van der Waals surface area (Å²) in [6, 6.07) is 20.9. The molecule has 0 radical (unpaired) electrons. The lowest BCUT2D eigenvalue weighted by Crippen LogP contribution is -2.30. The fraction of sp³-hybridized carbons (Fsp3) is 0.0870. The maximum Gasteiger partial charge on any atom is 0.375 e. The van der Waals surface area contributed by atoms with Crippen LogP contribution in [0.2, 0.25) is 0 Å². The van der Waals surface area contributed by atoms with Crippen LogP contribution < -0.4 is 10.7 Å². The van der Waals surface area contributed by atoms with Crippen LogP contribution >= 0.6 is 0 Å². The highest BCUT2D eigenvalue weighted by molar-refractivity contribution is 5.98. The van der Waals surface area contributed by atoms with Crippen molar-refractivity contribution in [2.24, 2.45) is 0 Å². The van der Waals surface area contributed by atoms with Gasteiger partial charge in [-0.2, -0.15) is 0 Å². The normalized spacial score (nSPS) is 11.9. The van der Waals surface area contributed by atoms with Crippen LogP contribution in [0, 0.1) is 0 Å². The highest BCUT2D eigenvalue weighted by Crippen LogP contribution is 2.19. The minimum absolute atomic E-state index is 0.251. The van der Waals surface area contributed by atoms with Crippen molar-refractivity contribution in [3.8, 4) is 0 Å². The lowest BCUT2D eigenvalue weighted by Gasteiger charge is -2.13. The second-order valence-electron chi connectivity index (χ2n) is 6.57. The van der Waals surface area contributed by atoms with Crippen molar-refractivity contribution in [2.75, 3.05) is 5.32 Å². The zero-order valence-electron chi connectivity index (χ0n) is 15.5. The van der Waals surface area contributed by atoms with Gasteiger partial charge in [0.2, 0.25) is 5.76 Å². The second-order valence-corrected chi connectivity index (χ2v) is 6.57. The molecule has 4 rings (SSSR count). The number of hydrogen-bond donors (Lipinski definition) is 1. The quantitative estimate of drug-likeness (QED) is 0.532. The molecule has 0 saturated heterocycles. The molecule has 1 amide bonds. The summed E-state index contributed by atoms with van der Waals surface area (Å²) in [5.74, 6) is -1.62. The van der Waals surface area contributed by atoms with Crippen LogP contribution in [0.1, 0.15) is 17.5 Å². The van der Waals surface area contributed by atoms with E-state index in [-0.39, 0.29) is 16.8 Å². The van der Waals surface area contributed by atoms with E-state index in [1.54, 1.807) is 30.3 Å². The zero-order chi connectivity index (χ0) is 20.4. The van der Waals surface area contributed by atoms with Crippen molar-refractivity contribution in [3.63, 3.8) is 0 Å². The monoisotopic (exact) mass is 387 g/mol. The molecular weight excluding hydrogens is 370 g/mol. The molecule has 0 spiro atoms. The number of carbonyl (C=O) groups is 2. The summed E-state index contributed by atoms with van der Waals surface area (Å²) in [6.45, 7) is 1.45. The first-order valence-electron chi connectivity index (χ1n) is 9.05. The van der Waals surface area contributed by atoms with Gasteiger partial charge in [0.1, 0.15) is 5.58 Å². The molecule has 0 aliphatic heterocycles. The Morgan fingerprint density at radius 3 is 2.48 bits per heavy atom. The predicted molar refractivity (Wildman–Crippen MR) is 110 cm³/mol. The molecule has 29 heavy (non-hydrogen) atoms. The van der Waals surface area contributed by atoms with E-state index in [0.717, 1.165) is 16.8 Å². The van der Waals surface area contributed by atoms with Gasteiger partial charge in [-0.3, -0.25) is 9.59 Å². The molecule has 6 nitrogen and oxygen atoms in total.